The van der Waals surface area contributed by atoms with Crippen molar-refractivity contribution in [3.63, 3.8) is 0 Å². The molecule has 18 rings (SSSR count). The molecule has 0 radical (unpaired) electrons. The lowest BCUT2D eigenvalue weighted by molar-refractivity contribution is 0.331. The summed E-state index contributed by atoms with van der Waals surface area (Å²) in [6.07, 6.45) is 0. The molecule has 0 saturated heterocycles. The Morgan fingerprint density at radius 3 is 1.11 bits per heavy atom. The molecule has 0 saturated carbocycles. The van der Waals surface area contributed by atoms with Crippen molar-refractivity contribution in [1.29, 1.82) is 0 Å². The zero-order valence-electron chi connectivity index (χ0n) is 83.1. The molecule has 0 aliphatic carbocycles. The third-order valence-electron chi connectivity index (χ3n) is 25.6. The topological polar surface area (TPSA) is 291 Å². The average molecular weight is 1870 g/mol. The van der Waals surface area contributed by atoms with Gasteiger partial charge in [-0.05, 0) is 325 Å². The maximum atomic E-state index is 13.9. The Hall–Kier alpha value is -16.6. The first-order valence-corrected chi connectivity index (χ1v) is 46.6. The number of methoxy groups -OCH3 is 4. The van der Waals surface area contributed by atoms with Gasteiger partial charge in [-0.1, -0.05) is 224 Å². The quantitative estimate of drug-likeness (QED) is 0.0235. The van der Waals surface area contributed by atoms with Gasteiger partial charge in [0.2, 0.25) is 11.8 Å². The molecule has 0 aliphatic heterocycles. The minimum Gasteiger partial charge on any atom is -0.496 e. The lowest BCUT2D eigenvalue weighted by Gasteiger charge is -2.20. The van der Waals surface area contributed by atoms with Gasteiger partial charge in [-0.2, -0.15) is 0 Å². The Morgan fingerprint density at radius 2 is 0.660 bits per heavy atom. The first-order valence-electron chi connectivity index (χ1n) is 46.6. The highest BCUT2D eigenvalue weighted by Crippen LogP contribution is 2.48. The van der Waals surface area contributed by atoms with E-state index in [9.17, 15) is 8.78 Å². The maximum absolute atomic E-state index is 13.9. The number of nitrogens with zero attached hydrogens (tertiary/aromatic N) is 7. The van der Waals surface area contributed by atoms with E-state index in [0.29, 0.717) is 42.0 Å². The minimum absolute atomic E-state index is 0.0694. The predicted octanol–water partition coefficient (Wildman–Crippen LogP) is 27.1. The fourth-order valence-electron chi connectivity index (χ4n) is 17.3. The van der Waals surface area contributed by atoms with E-state index in [2.05, 4.69) is 286 Å². The largest absolute Gasteiger partial charge is 0.496 e. The molecule has 0 atom stereocenters. The number of hydrogen-bond donors (Lipinski definition) is 6. The van der Waals surface area contributed by atoms with Crippen LogP contribution < -0.4 is 58.2 Å². The Kier molecular flexibility index (Phi) is 29.8. The number of pyridine rings is 4. The third-order valence-corrected chi connectivity index (χ3v) is 25.6. The monoisotopic (exact) mass is 1870 g/mol. The number of benzene rings is 14. The summed E-state index contributed by atoms with van der Waals surface area (Å²) in [6.45, 7) is 30.8. The summed E-state index contributed by atoms with van der Waals surface area (Å²) in [6, 6.07) is 99.3. The minimum atomic E-state index is -0.320. The highest BCUT2D eigenvalue weighted by Gasteiger charge is 2.25. The molecule has 4 aromatic heterocycles. The smallest absolute Gasteiger partial charge is 0.257 e. The van der Waals surface area contributed by atoms with Crippen molar-refractivity contribution in [2.45, 2.75) is 121 Å². The van der Waals surface area contributed by atoms with Crippen molar-refractivity contribution >= 4 is 61.0 Å². The van der Waals surface area contributed by atoms with E-state index in [0.717, 1.165) is 166 Å². The van der Waals surface area contributed by atoms with E-state index in [-0.39, 0.29) is 40.3 Å². The summed E-state index contributed by atoms with van der Waals surface area (Å²) >= 11 is 0. The van der Waals surface area contributed by atoms with Crippen molar-refractivity contribution < 1.29 is 32.6 Å². The van der Waals surface area contributed by atoms with Crippen LogP contribution in [0.2, 0.25) is 0 Å². The van der Waals surface area contributed by atoms with Crippen LogP contribution in [0.5, 0.6) is 29.0 Å². The third kappa shape index (κ3) is 23.1. The zero-order valence-corrected chi connectivity index (χ0v) is 83.1. The summed E-state index contributed by atoms with van der Waals surface area (Å²) in [7, 11) is 6.43. The van der Waals surface area contributed by atoms with E-state index in [1.54, 1.807) is 52.7 Å². The Morgan fingerprint density at radius 1 is 0.291 bits per heavy atom. The number of aliphatic imine (C=N–C) groups is 2. The fraction of sp³-hybridized carbons (Fsp3) is 0.182. The van der Waals surface area contributed by atoms with Crippen LogP contribution in [0.15, 0.2) is 312 Å². The standard InChI is InChI=1S/C39H33F2NO4.C29H32N4.C28H30N4O.C25H24N4/c1-22-15-30-20-34(42-39(46-6)36(30)37(44-4)23(22)2)29-19-33(38(45-5)35(21-29)43-3)28-17-26(24-7-11-31(40)12-8-24)16-27(18-28)25-9-13-32(41)14-10-25;1-18-12-23-16-26(33-27(17-32-28(30)31)25(23)13-19(18)2)22-10-6-8-20(14-22)21-9-7-11-24(15-21)29(3,4)5;1-17-13-22-16-25(31-26(33-32-27(29)30)24(22)14-18(17)2)21-8-6-7-20(15-21)19-9-11-23(12-10-19)28(3,4)5;1-16-11-21-14-23(29-24(15-28-25(26)27)22(21)12-17(16)2)20-10-6-9-19(13-20)18-7-4-3-5-8-18/h7-21H,1-6H3;6-16H,17H2,1-5H3,(H4,30,31,32);6-16H,1-5H3,(H4,29,30,32);3-14H,15H2,1-2H3,(H4,26,27,28). The van der Waals surface area contributed by atoms with Crippen LogP contribution in [-0.4, -0.2) is 66.3 Å². The number of halogens is 2. The van der Waals surface area contributed by atoms with Gasteiger partial charge in [0.15, 0.2) is 23.4 Å². The van der Waals surface area contributed by atoms with Gasteiger partial charge in [0, 0.05) is 44.0 Å². The van der Waals surface area contributed by atoms with Gasteiger partial charge in [-0.25, -0.2) is 28.7 Å². The number of aromatic nitrogens is 4. The van der Waals surface area contributed by atoms with E-state index in [1.165, 1.54) is 79.9 Å². The predicted molar refractivity (Wildman–Crippen MR) is 578 cm³/mol. The molecule has 0 spiro atoms. The molecule has 0 aliphatic rings. The number of hydrogen-bond acceptors (Lipinski definition) is 12. The van der Waals surface area contributed by atoms with Crippen LogP contribution in [0.25, 0.3) is 155 Å². The van der Waals surface area contributed by atoms with Crippen LogP contribution >= 0.6 is 0 Å². The number of fused-ring (bicyclic) bond motifs is 4. The number of rotatable bonds is 20. The van der Waals surface area contributed by atoms with E-state index in [1.807, 2.05) is 74.5 Å². The molecule has 0 unspecified atom stereocenters. The number of ether oxygens (including phenoxy) is 4. The first-order chi connectivity index (χ1) is 67.5. The highest BCUT2D eigenvalue weighted by atomic mass is 19.1. The fourth-order valence-corrected chi connectivity index (χ4v) is 17.3. The van der Waals surface area contributed by atoms with Crippen molar-refractivity contribution in [2.75, 3.05) is 28.4 Å². The van der Waals surface area contributed by atoms with Crippen molar-refractivity contribution in [2.24, 2.45) is 49.5 Å². The van der Waals surface area contributed by atoms with Crippen molar-refractivity contribution in [3.8, 4) is 141 Å². The second kappa shape index (κ2) is 42.6. The molecule has 14 aromatic carbocycles. The highest BCUT2D eigenvalue weighted by molar-refractivity contribution is 5.99. The normalized spacial score (nSPS) is 11.2. The zero-order chi connectivity index (χ0) is 100. The average Bonchev–Trinajstić information content (AvgIpc) is 0.767. The Bertz CT molecular complexity index is 7750. The van der Waals surface area contributed by atoms with Gasteiger partial charge in [0.1, 0.15) is 17.4 Å². The van der Waals surface area contributed by atoms with Crippen LogP contribution in [0.3, 0.4) is 0 Å². The summed E-state index contributed by atoms with van der Waals surface area (Å²) in [5, 5.41) is 11.8. The molecule has 4 heterocycles. The first kappa shape index (κ1) is 98.9. The van der Waals surface area contributed by atoms with Crippen LogP contribution in [-0.2, 0) is 23.9 Å². The Labute approximate surface area is 823 Å². The number of nitrogens with two attached hydrogens (primary N) is 6. The lowest BCUT2D eigenvalue weighted by Crippen LogP contribution is -2.23. The van der Waals surface area contributed by atoms with Gasteiger partial charge in [0.05, 0.1) is 81.1 Å². The molecule has 0 bridgehead atoms. The molecule has 0 amide bonds. The van der Waals surface area contributed by atoms with Crippen molar-refractivity contribution in [1.82, 2.24) is 19.9 Å². The van der Waals surface area contributed by atoms with E-state index < -0.39 is 0 Å². The molecular formula is C121H119F2N13O5. The van der Waals surface area contributed by atoms with Gasteiger partial charge in [-0.3, -0.25) is 9.97 Å². The van der Waals surface area contributed by atoms with Crippen LogP contribution in [0, 0.1) is 67.0 Å². The van der Waals surface area contributed by atoms with Crippen LogP contribution in [0.1, 0.15) is 109 Å². The molecule has 712 valence electrons. The van der Waals surface area contributed by atoms with Gasteiger partial charge < -0.3 is 58.2 Å². The molecule has 18 nitrogen and oxygen atoms in total. The molecule has 141 heavy (non-hydrogen) atoms. The summed E-state index contributed by atoms with van der Waals surface area (Å²) < 4.78 is 51.1. The van der Waals surface area contributed by atoms with Gasteiger partial charge in [0.25, 0.3) is 5.88 Å². The lowest BCUT2D eigenvalue weighted by atomic mass is 9.85. The Balaban J connectivity index is 0.000000144. The molecule has 18 aromatic rings. The SMILES string of the molecule is COc1cc(-c2cc3cc(C)c(C)c(OC)c3c(OC)n2)cc(-c2cc(-c3ccc(F)cc3)cc(-c3ccc(F)cc3)c2)c1OC.Cc1cc2cc(-c3cccc(-c4ccc(C(C)(C)C)cc4)c3)nc(ON=C(N)N)c2cc1C.Cc1cc2cc(-c3cccc(-c4cccc(C(C)(C)C)c4)c3)nc(CN=C(N)N)c2cc1C.Cc1cc2cc(-c3cccc(-c4ccccc4)c3)nc(CN=C(N)N)c2cc1C. The second-order valence-electron chi connectivity index (χ2n) is 37.6. The molecule has 0 fully saturated rings. The number of oxime groups is 1. The van der Waals surface area contributed by atoms with E-state index in [4.69, 9.17) is 78.1 Å². The summed E-state index contributed by atoms with van der Waals surface area (Å²) in [4.78, 5) is 33.6. The number of aryl methyl sites for hydroxylation is 7. The van der Waals surface area contributed by atoms with Gasteiger partial charge >= 0.3 is 0 Å². The van der Waals surface area contributed by atoms with Crippen molar-refractivity contribution in [3.05, 3.63) is 376 Å². The molecule has 20 heteroatoms. The molecular weight excluding hydrogens is 1750 g/mol. The summed E-state index contributed by atoms with van der Waals surface area (Å²) in [5.41, 5.74) is 66.5. The van der Waals surface area contributed by atoms with E-state index >= 15 is 0 Å². The molecule has 12 N–H and O–H groups in total. The van der Waals surface area contributed by atoms with Crippen LogP contribution in [0.4, 0.5) is 8.78 Å². The maximum Gasteiger partial charge on any atom is 0.257 e. The number of guanidine groups is 3. The summed E-state index contributed by atoms with van der Waals surface area (Å²) in [5.74, 6) is 1.94. The second-order valence-corrected chi connectivity index (χ2v) is 37.6. The van der Waals surface area contributed by atoms with Gasteiger partial charge in [-0.15, -0.1) is 0 Å².